The van der Waals surface area contributed by atoms with E-state index in [0.717, 1.165) is 19.0 Å². The van der Waals surface area contributed by atoms with Crippen molar-refractivity contribution < 1.29 is 0 Å². The molecule has 0 amide bonds. The summed E-state index contributed by atoms with van der Waals surface area (Å²) in [5.41, 5.74) is 1.58. The molecule has 1 N–H and O–H groups in total. The summed E-state index contributed by atoms with van der Waals surface area (Å²) in [7, 11) is 6.50. The van der Waals surface area contributed by atoms with Crippen molar-refractivity contribution in [2.75, 3.05) is 20.6 Å². The van der Waals surface area contributed by atoms with E-state index in [-0.39, 0.29) is 0 Å². The number of aryl methyl sites for hydroxylation is 1. The van der Waals surface area contributed by atoms with Gasteiger partial charge in [-0.1, -0.05) is 19.8 Å². The Kier molecular flexibility index (Phi) is 4.63. The molecule has 19 heavy (non-hydrogen) atoms. The fourth-order valence-electron chi connectivity index (χ4n) is 3.34. The highest BCUT2D eigenvalue weighted by atomic mass is 15.2. The molecule has 0 unspecified atom stereocenters. The Morgan fingerprint density at radius 3 is 2.89 bits per heavy atom. The average Bonchev–Trinajstić information content (AvgIpc) is 2.75. The first-order valence-corrected chi connectivity index (χ1v) is 7.37. The van der Waals surface area contributed by atoms with Crippen molar-refractivity contribution in [1.82, 2.24) is 19.8 Å². The summed E-state index contributed by atoms with van der Waals surface area (Å²) >= 11 is 0. The third kappa shape index (κ3) is 3.37. The fourth-order valence-corrected chi connectivity index (χ4v) is 3.34. The molecule has 0 saturated heterocycles. The van der Waals surface area contributed by atoms with Gasteiger partial charge in [0.05, 0.1) is 12.0 Å². The Morgan fingerprint density at radius 2 is 2.32 bits per heavy atom. The molecular weight excluding hydrogens is 236 g/mol. The van der Waals surface area contributed by atoms with Crippen LogP contribution in [-0.2, 0) is 13.6 Å². The predicted octanol–water partition coefficient (Wildman–Crippen LogP) is 2.02. The van der Waals surface area contributed by atoms with Gasteiger partial charge in [0, 0.05) is 31.9 Å². The Bertz CT molecular complexity index is 399. The molecule has 1 aliphatic carbocycles. The van der Waals surface area contributed by atoms with Crippen LogP contribution in [0.4, 0.5) is 0 Å². The van der Waals surface area contributed by atoms with Gasteiger partial charge in [-0.15, -0.1) is 0 Å². The van der Waals surface area contributed by atoms with Gasteiger partial charge in [0.25, 0.3) is 0 Å². The molecule has 0 bridgehead atoms. The van der Waals surface area contributed by atoms with E-state index in [0.29, 0.717) is 5.54 Å². The highest BCUT2D eigenvalue weighted by molar-refractivity contribution is 4.99. The van der Waals surface area contributed by atoms with Crippen LogP contribution in [0, 0.1) is 5.92 Å². The zero-order valence-corrected chi connectivity index (χ0v) is 12.8. The lowest BCUT2D eigenvalue weighted by Crippen LogP contribution is -2.54. The Labute approximate surface area is 117 Å². The SMILES string of the molecule is C[C@H]1CCC[C@@](CNCc2cncn2C)(N(C)C)C1. The standard InChI is InChI=1S/C15H28N4/c1-13-6-5-7-15(8-13,18(2)3)11-16-9-14-10-17-12-19(14)4/h10,12-13,16H,5-9,11H2,1-4H3/t13-,15+/m0/s1. The Balaban J connectivity index is 1.92. The van der Waals surface area contributed by atoms with Gasteiger partial charge in [-0.3, -0.25) is 0 Å². The second-order valence-corrected chi connectivity index (χ2v) is 6.42. The second-order valence-electron chi connectivity index (χ2n) is 6.42. The molecule has 2 rings (SSSR count). The number of imidazole rings is 1. The predicted molar refractivity (Wildman–Crippen MR) is 79.0 cm³/mol. The van der Waals surface area contributed by atoms with Gasteiger partial charge in [0.2, 0.25) is 0 Å². The first-order valence-electron chi connectivity index (χ1n) is 7.37. The molecule has 1 heterocycles. The maximum Gasteiger partial charge on any atom is 0.0945 e. The monoisotopic (exact) mass is 264 g/mol. The van der Waals surface area contributed by atoms with Gasteiger partial charge in [0.15, 0.2) is 0 Å². The minimum atomic E-state index is 0.330. The van der Waals surface area contributed by atoms with Crippen LogP contribution in [-0.4, -0.2) is 40.6 Å². The quantitative estimate of drug-likeness (QED) is 0.883. The molecule has 2 atom stereocenters. The van der Waals surface area contributed by atoms with Crippen molar-refractivity contribution in [3.05, 3.63) is 18.2 Å². The van der Waals surface area contributed by atoms with Crippen molar-refractivity contribution in [1.29, 1.82) is 0 Å². The van der Waals surface area contributed by atoms with Crippen LogP contribution in [0.3, 0.4) is 0 Å². The lowest BCUT2D eigenvalue weighted by molar-refractivity contribution is 0.0748. The number of nitrogens with zero attached hydrogens (tertiary/aromatic N) is 3. The van der Waals surface area contributed by atoms with Crippen LogP contribution in [0.15, 0.2) is 12.5 Å². The van der Waals surface area contributed by atoms with E-state index in [4.69, 9.17) is 0 Å². The van der Waals surface area contributed by atoms with Crippen molar-refractivity contribution >= 4 is 0 Å². The van der Waals surface area contributed by atoms with Crippen LogP contribution < -0.4 is 5.32 Å². The number of aromatic nitrogens is 2. The molecule has 4 nitrogen and oxygen atoms in total. The summed E-state index contributed by atoms with van der Waals surface area (Å²) < 4.78 is 2.08. The minimum Gasteiger partial charge on any atom is -0.337 e. The first-order chi connectivity index (χ1) is 9.03. The van der Waals surface area contributed by atoms with Crippen LogP contribution >= 0.6 is 0 Å². The number of hydrogen-bond acceptors (Lipinski definition) is 3. The summed E-state index contributed by atoms with van der Waals surface area (Å²) in [6, 6.07) is 0. The van der Waals surface area contributed by atoms with Crippen LogP contribution in [0.2, 0.25) is 0 Å². The van der Waals surface area contributed by atoms with Gasteiger partial charge in [0.1, 0.15) is 0 Å². The van der Waals surface area contributed by atoms with E-state index in [1.54, 1.807) is 0 Å². The molecule has 0 aliphatic heterocycles. The number of nitrogens with one attached hydrogen (secondary N) is 1. The Hall–Kier alpha value is -0.870. The maximum atomic E-state index is 4.16. The van der Waals surface area contributed by atoms with Crippen molar-refractivity contribution in [3.63, 3.8) is 0 Å². The Morgan fingerprint density at radius 1 is 1.53 bits per heavy atom. The van der Waals surface area contributed by atoms with Crippen LogP contribution in [0.1, 0.15) is 38.3 Å². The molecule has 1 saturated carbocycles. The van der Waals surface area contributed by atoms with E-state index >= 15 is 0 Å². The van der Waals surface area contributed by atoms with Crippen molar-refractivity contribution in [3.8, 4) is 0 Å². The largest absolute Gasteiger partial charge is 0.337 e. The van der Waals surface area contributed by atoms with Gasteiger partial charge < -0.3 is 14.8 Å². The maximum absolute atomic E-state index is 4.16. The van der Waals surface area contributed by atoms with Gasteiger partial charge >= 0.3 is 0 Å². The van der Waals surface area contributed by atoms with E-state index in [1.165, 1.54) is 31.4 Å². The molecule has 4 heteroatoms. The zero-order valence-electron chi connectivity index (χ0n) is 12.8. The number of rotatable bonds is 5. The molecule has 108 valence electrons. The minimum absolute atomic E-state index is 0.330. The molecule has 1 aromatic heterocycles. The summed E-state index contributed by atoms with van der Waals surface area (Å²) in [6.45, 7) is 4.36. The van der Waals surface area contributed by atoms with E-state index in [2.05, 4.69) is 47.8 Å². The van der Waals surface area contributed by atoms with Gasteiger partial charge in [-0.05, 0) is 32.9 Å². The van der Waals surface area contributed by atoms with Crippen molar-refractivity contribution in [2.24, 2.45) is 13.0 Å². The smallest absolute Gasteiger partial charge is 0.0945 e. The molecule has 1 aromatic rings. The van der Waals surface area contributed by atoms with Gasteiger partial charge in [-0.25, -0.2) is 4.98 Å². The molecule has 1 aliphatic rings. The highest BCUT2D eigenvalue weighted by Gasteiger charge is 2.36. The summed E-state index contributed by atoms with van der Waals surface area (Å²) in [4.78, 5) is 6.59. The van der Waals surface area contributed by atoms with E-state index in [1.807, 2.05) is 12.5 Å². The molecule has 0 radical (unpaired) electrons. The van der Waals surface area contributed by atoms with E-state index < -0.39 is 0 Å². The highest BCUT2D eigenvalue weighted by Crippen LogP contribution is 2.35. The lowest BCUT2D eigenvalue weighted by Gasteiger charge is -2.45. The number of likely N-dealkylation sites (N-methyl/N-ethyl adjacent to an activating group) is 1. The summed E-state index contributed by atoms with van der Waals surface area (Å²) in [5.74, 6) is 0.842. The zero-order chi connectivity index (χ0) is 13.9. The average molecular weight is 264 g/mol. The summed E-state index contributed by atoms with van der Waals surface area (Å²) in [6.07, 6.45) is 9.16. The number of hydrogen-bond donors (Lipinski definition) is 1. The van der Waals surface area contributed by atoms with Crippen LogP contribution in [0.5, 0.6) is 0 Å². The van der Waals surface area contributed by atoms with Crippen LogP contribution in [0.25, 0.3) is 0 Å². The molecule has 0 aromatic carbocycles. The fraction of sp³-hybridized carbons (Fsp3) is 0.800. The topological polar surface area (TPSA) is 33.1 Å². The van der Waals surface area contributed by atoms with Gasteiger partial charge in [-0.2, -0.15) is 0 Å². The third-order valence-electron chi connectivity index (χ3n) is 4.69. The normalized spacial score (nSPS) is 27.9. The third-order valence-corrected chi connectivity index (χ3v) is 4.69. The second kappa shape index (κ2) is 6.06. The first kappa shape index (κ1) is 14.5. The van der Waals surface area contributed by atoms with Crippen molar-refractivity contribution in [2.45, 2.75) is 44.7 Å². The van der Waals surface area contributed by atoms with E-state index in [9.17, 15) is 0 Å². The molecule has 1 fully saturated rings. The summed E-state index contributed by atoms with van der Waals surface area (Å²) in [5, 5.41) is 3.64. The lowest BCUT2D eigenvalue weighted by atomic mass is 9.75. The molecule has 0 spiro atoms. The molecular formula is C15H28N4.